The van der Waals surface area contributed by atoms with Gasteiger partial charge in [-0.25, -0.2) is 8.42 Å². The number of hydrogen-bond acceptors (Lipinski definition) is 3. The Balaban J connectivity index is 3.78. The first-order chi connectivity index (χ1) is 6.40. The average Bonchev–Trinajstić information content (AvgIpc) is 2.10. The van der Waals surface area contributed by atoms with Gasteiger partial charge in [0.1, 0.15) is 0 Å². The third-order valence-corrected chi connectivity index (χ3v) is 4.76. The van der Waals surface area contributed by atoms with Crippen molar-refractivity contribution in [2.24, 2.45) is 0 Å². The van der Waals surface area contributed by atoms with E-state index < -0.39 is 9.84 Å². The fraction of sp³-hybridized carbons (Fsp3) is 1.00. The summed E-state index contributed by atoms with van der Waals surface area (Å²) >= 11 is 0. The molecule has 1 N–H and O–H groups in total. The van der Waals surface area contributed by atoms with Gasteiger partial charge in [-0.05, 0) is 26.3 Å². The van der Waals surface area contributed by atoms with Crippen LogP contribution >= 0.6 is 0 Å². The van der Waals surface area contributed by atoms with E-state index in [0.29, 0.717) is 24.6 Å². The van der Waals surface area contributed by atoms with E-state index in [1.807, 2.05) is 6.92 Å². The summed E-state index contributed by atoms with van der Waals surface area (Å²) in [5.74, 6) is 0.307. The highest BCUT2D eigenvalue weighted by Gasteiger charge is 2.17. The SMILES string of the molecule is CCC(C)S(=O)(=O)CCCNC(C)C. The zero-order valence-electron chi connectivity index (χ0n) is 9.71. The van der Waals surface area contributed by atoms with Crippen LogP contribution in [0.1, 0.15) is 40.5 Å². The van der Waals surface area contributed by atoms with Gasteiger partial charge in [-0.2, -0.15) is 0 Å². The van der Waals surface area contributed by atoms with Crippen molar-refractivity contribution in [3.63, 3.8) is 0 Å². The summed E-state index contributed by atoms with van der Waals surface area (Å²) < 4.78 is 23.2. The van der Waals surface area contributed by atoms with Crippen LogP contribution in [0.3, 0.4) is 0 Å². The fourth-order valence-electron chi connectivity index (χ4n) is 1.12. The lowest BCUT2D eigenvalue weighted by atomic mass is 10.4. The van der Waals surface area contributed by atoms with Crippen molar-refractivity contribution in [2.45, 2.75) is 51.8 Å². The minimum absolute atomic E-state index is 0.193. The molecule has 0 aromatic rings. The van der Waals surface area contributed by atoms with Gasteiger partial charge in [-0.15, -0.1) is 0 Å². The van der Waals surface area contributed by atoms with Gasteiger partial charge in [-0.3, -0.25) is 0 Å². The highest BCUT2D eigenvalue weighted by Crippen LogP contribution is 2.06. The third-order valence-electron chi connectivity index (χ3n) is 2.35. The van der Waals surface area contributed by atoms with Crippen molar-refractivity contribution >= 4 is 9.84 Å². The molecule has 0 aliphatic heterocycles. The summed E-state index contributed by atoms with van der Waals surface area (Å²) in [6.07, 6.45) is 1.42. The minimum atomic E-state index is -2.85. The van der Waals surface area contributed by atoms with Crippen LogP contribution in [0.25, 0.3) is 0 Å². The maximum absolute atomic E-state index is 11.6. The molecule has 86 valence electrons. The van der Waals surface area contributed by atoms with Crippen molar-refractivity contribution in [3.05, 3.63) is 0 Å². The molecule has 0 spiro atoms. The van der Waals surface area contributed by atoms with Crippen LogP contribution in [0.5, 0.6) is 0 Å². The smallest absolute Gasteiger partial charge is 0.152 e. The fourth-order valence-corrected chi connectivity index (χ4v) is 2.58. The van der Waals surface area contributed by atoms with Crippen molar-refractivity contribution in [3.8, 4) is 0 Å². The van der Waals surface area contributed by atoms with Crippen LogP contribution in [0.2, 0.25) is 0 Å². The molecule has 0 aliphatic carbocycles. The molecule has 0 amide bonds. The molecule has 0 saturated heterocycles. The van der Waals surface area contributed by atoms with E-state index in [1.54, 1.807) is 6.92 Å². The Hall–Kier alpha value is -0.0900. The van der Waals surface area contributed by atoms with Gasteiger partial charge in [0, 0.05) is 6.04 Å². The number of sulfone groups is 1. The predicted octanol–water partition coefficient (Wildman–Crippen LogP) is 1.59. The topological polar surface area (TPSA) is 46.2 Å². The summed E-state index contributed by atoms with van der Waals surface area (Å²) in [4.78, 5) is 0. The molecule has 0 radical (unpaired) electrons. The van der Waals surface area contributed by atoms with Crippen molar-refractivity contribution < 1.29 is 8.42 Å². The molecular weight excluding hydrogens is 198 g/mol. The Labute approximate surface area is 88.2 Å². The van der Waals surface area contributed by atoms with Gasteiger partial charge in [-0.1, -0.05) is 20.8 Å². The quantitative estimate of drug-likeness (QED) is 0.664. The molecule has 0 aromatic carbocycles. The van der Waals surface area contributed by atoms with Crippen LogP contribution in [-0.2, 0) is 9.84 Å². The van der Waals surface area contributed by atoms with Crippen molar-refractivity contribution in [2.75, 3.05) is 12.3 Å². The van der Waals surface area contributed by atoms with Gasteiger partial charge in [0.05, 0.1) is 11.0 Å². The Morgan fingerprint density at radius 1 is 1.21 bits per heavy atom. The molecule has 0 bridgehead atoms. The van der Waals surface area contributed by atoms with Gasteiger partial charge < -0.3 is 5.32 Å². The van der Waals surface area contributed by atoms with Gasteiger partial charge in [0.15, 0.2) is 9.84 Å². The third kappa shape index (κ3) is 5.60. The average molecular weight is 221 g/mol. The molecule has 0 aromatic heterocycles. The first-order valence-electron chi connectivity index (χ1n) is 5.35. The van der Waals surface area contributed by atoms with Gasteiger partial charge >= 0.3 is 0 Å². The molecule has 3 nitrogen and oxygen atoms in total. The number of hydrogen-bond donors (Lipinski definition) is 1. The van der Waals surface area contributed by atoms with Crippen molar-refractivity contribution in [1.82, 2.24) is 5.32 Å². The molecule has 14 heavy (non-hydrogen) atoms. The van der Waals surface area contributed by atoms with E-state index in [2.05, 4.69) is 19.2 Å². The second kappa shape index (κ2) is 6.40. The normalized spacial score (nSPS) is 14.6. The highest BCUT2D eigenvalue weighted by molar-refractivity contribution is 7.91. The largest absolute Gasteiger partial charge is 0.314 e. The number of nitrogens with one attached hydrogen (secondary N) is 1. The van der Waals surface area contributed by atoms with Gasteiger partial charge in [0.2, 0.25) is 0 Å². The molecule has 0 aliphatic rings. The second-order valence-corrected chi connectivity index (χ2v) is 6.59. The Morgan fingerprint density at radius 2 is 1.79 bits per heavy atom. The molecule has 1 atom stereocenters. The Morgan fingerprint density at radius 3 is 2.21 bits per heavy atom. The molecule has 4 heteroatoms. The monoisotopic (exact) mass is 221 g/mol. The number of rotatable bonds is 7. The summed E-state index contributed by atoms with van der Waals surface area (Å²) in [7, 11) is -2.85. The molecule has 0 saturated carbocycles. The molecule has 0 fully saturated rings. The summed E-state index contributed by atoms with van der Waals surface area (Å²) in [5, 5.41) is 3.02. The van der Waals surface area contributed by atoms with E-state index in [-0.39, 0.29) is 5.25 Å². The van der Waals surface area contributed by atoms with Crippen LogP contribution < -0.4 is 5.32 Å². The standard InChI is InChI=1S/C10H23NO2S/c1-5-10(4)14(12,13)8-6-7-11-9(2)3/h9-11H,5-8H2,1-4H3. The zero-order valence-corrected chi connectivity index (χ0v) is 10.5. The molecule has 0 rings (SSSR count). The van der Waals surface area contributed by atoms with Crippen LogP contribution in [0, 0.1) is 0 Å². The lowest BCUT2D eigenvalue weighted by Crippen LogP contribution is -2.27. The minimum Gasteiger partial charge on any atom is -0.314 e. The maximum atomic E-state index is 11.6. The van der Waals surface area contributed by atoms with Crippen LogP contribution in [-0.4, -0.2) is 32.0 Å². The van der Waals surface area contributed by atoms with Gasteiger partial charge in [0.25, 0.3) is 0 Å². The summed E-state index contributed by atoms with van der Waals surface area (Å²) in [6, 6.07) is 0.432. The molecule has 0 heterocycles. The summed E-state index contributed by atoms with van der Waals surface area (Å²) in [6.45, 7) is 8.60. The summed E-state index contributed by atoms with van der Waals surface area (Å²) in [5.41, 5.74) is 0. The van der Waals surface area contributed by atoms with E-state index in [9.17, 15) is 8.42 Å². The lowest BCUT2D eigenvalue weighted by molar-refractivity contribution is 0.561. The second-order valence-electron chi connectivity index (χ2n) is 4.05. The van der Waals surface area contributed by atoms with Crippen LogP contribution in [0.15, 0.2) is 0 Å². The van der Waals surface area contributed by atoms with Crippen LogP contribution in [0.4, 0.5) is 0 Å². The van der Waals surface area contributed by atoms with Crippen molar-refractivity contribution in [1.29, 1.82) is 0 Å². The highest BCUT2D eigenvalue weighted by atomic mass is 32.2. The first kappa shape index (κ1) is 13.9. The predicted molar refractivity (Wildman–Crippen MR) is 61.3 cm³/mol. The molecular formula is C10H23NO2S. The maximum Gasteiger partial charge on any atom is 0.152 e. The van der Waals surface area contributed by atoms with E-state index >= 15 is 0 Å². The van der Waals surface area contributed by atoms with E-state index in [0.717, 1.165) is 6.54 Å². The Kier molecular flexibility index (Phi) is 6.36. The van der Waals surface area contributed by atoms with E-state index in [4.69, 9.17) is 0 Å². The Bertz CT molecular complexity index is 235. The zero-order chi connectivity index (χ0) is 11.2. The first-order valence-corrected chi connectivity index (χ1v) is 7.06. The van der Waals surface area contributed by atoms with E-state index in [1.165, 1.54) is 0 Å². The lowest BCUT2D eigenvalue weighted by Gasteiger charge is -2.11. The molecule has 1 unspecified atom stereocenters.